The second-order valence-electron chi connectivity index (χ2n) is 4.91. The maximum Gasteiger partial charge on any atom is 0.231 e. The molecule has 0 saturated heterocycles. The zero-order chi connectivity index (χ0) is 11.2. The lowest BCUT2D eigenvalue weighted by atomic mass is 9.64. The Morgan fingerprint density at radius 3 is 2.81 bits per heavy atom. The molecule has 0 unspecified atom stereocenters. The van der Waals surface area contributed by atoms with Crippen molar-refractivity contribution in [2.24, 2.45) is 11.7 Å². The van der Waals surface area contributed by atoms with E-state index in [4.69, 9.17) is 15.2 Å². The highest BCUT2D eigenvalue weighted by atomic mass is 16.7. The number of benzene rings is 1. The summed E-state index contributed by atoms with van der Waals surface area (Å²) in [6.45, 7) is 2.55. The van der Waals surface area contributed by atoms with E-state index in [-0.39, 0.29) is 5.54 Å². The van der Waals surface area contributed by atoms with Crippen LogP contribution in [0.25, 0.3) is 0 Å². The number of fused-ring (bicyclic) bond motifs is 1. The van der Waals surface area contributed by atoms with Gasteiger partial charge in [0.1, 0.15) is 0 Å². The van der Waals surface area contributed by atoms with Crippen LogP contribution in [0.15, 0.2) is 18.2 Å². The molecule has 3 heteroatoms. The van der Waals surface area contributed by atoms with Gasteiger partial charge in [-0.1, -0.05) is 19.4 Å². The predicted molar refractivity (Wildman–Crippen MR) is 61.4 cm³/mol. The smallest absolute Gasteiger partial charge is 0.231 e. The Bertz CT molecular complexity index is 410. The van der Waals surface area contributed by atoms with Crippen LogP contribution >= 0.6 is 0 Å². The van der Waals surface area contributed by atoms with Crippen molar-refractivity contribution < 1.29 is 9.47 Å². The lowest BCUT2D eigenvalue weighted by Crippen LogP contribution is -2.48. The maximum absolute atomic E-state index is 6.39. The van der Waals surface area contributed by atoms with Crippen LogP contribution in [0.1, 0.15) is 31.7 Å². The molecule has 0 bridgehead atoms. The van der Waals surface area contributed by atoms with Crippen LogP contribution in [0.4, 0.5) is 0 Å². The summed E-state index contributed by atoms with van der Waals surface area (Å²) in [5.41, 5.74) is 7.43. The monoisotopic (exact) mass is 219 g/mol. The largest absolute Gasteiger partial charge is 0.454 e. The molecule has 2 aliphatic rings. The lowest BCUT2D eigenvalue weighted by Gasteiger charge is -2.45. The van der Waals surface area contributed by atoms with Crippen molar-refractivity contribution in [2.45, 2.75) is 31.7 Å². The normalized spacial score (nSPS) is 31.2. The van der Waals surface area contributed by atoms with Crippen LogP contribution in [0.5, 0.6) is 11.5 Å². The molecule has 16 heavy (non-hydrogen) atoms. The molecule has 1 saturated carbocycles. The third kappa shape index (κ3) is 1.39. The first-order valence-electron chi connectivity index (χ1n) is 5.90. The number of rotatable bonds is 2. The van der Waals surface area contributed by atoms with Crippen LogP contribution in [-0.4, -0.2) is 6.79 Å². The van der Waals surface area contributed by atoms with E-state index in [1.165, 1.54) is 12.0 Å². The summed E-state index contributed by atoms with van der Waals surface area (Å²) in [5, 5.41) is 0. The van der Waals surface area contributed by atoms with Crippen LogP contribution in [0.2, 0.25) is 0 Å². The van der Waals surface area contributed by atoms with Gasteiger partial charge in [-0.3, -0.25) is 0 Å². The summed E-state index contributed by atoms with van der Waals surface area (Å²) in [6, 6.07) is 6.07. The molecule has 0 aromatic heterocycles. The summed E-state index contributed by atoms with van der Waals surface area (Å²) in [4.78, 5) is 0. The fraction of sp³-hybridized carbons (Fsp3) is 0.538. The van der Waals surface area contributed by atoms with Gasteiger partial charge in [0.05, 0.1) is 0 Å². The highest BCUT2D eigenvalue weighted by molar-refractivity contribution is 5.46. The fourth-order valence-corrected chi connectivity index (χ4v) is 2.70. The van der Waals surface area contributed by atoms with Crippen LogP contribution in [0.3, 0.4) is 0 Å². The second-order valence-corrected chi connectivity index (χ2v) is 4.91. The van der Waals surface area contributed by atoms with E-state index in [0.717, 1.165) is 30.3 Å². The molecule has 3 nitrogen and oxygen atoms in total. The van der Waals surface area contributed by atoms with Crippen molar-refractivity contribution >= 4 is 0 Å². The number of nitrogens with two attached hydrogens (primary N) is 1. The van der Waals surface area contributed by atoms with Gasteiger partial charge in [-0.15, -0.1) is 0 Å². The summed E-state index contributed by atoms with van der Waals surface area (Å²) < 4.78 is 10.7. The first kappa shape index (κ1) is 9.97. The molecule has 0 spiro atoms. The molecule has 1 aliphatic carbocycles. The molecule has 3 rings (SSSR count). The number of ether oxygens (including phenoxy) is 2. The van der Waals surface area contributed by atoms with Gasteiger partial charge in [0.2, 0.25) is 6.79 Å². The van der Waals surface area contributed by atoms with Crippen molar-refractivity contribution in [3.05, 3.63) is 23.8 Å². The van der Waals surface area contributed by atoms with Gasteiger partial charge in [-0.05, 0) is 36.5 Å². The zero-order valence-corrected chi connectivity index (χ0v) is 9.53. The first-order chi connectivity index (χ1) is 7.71. The Balaban J connectivity index is 1.85. The molecule has 0 atom stereocenters. The fourth-order valence-electron chi connectivity index (χ4n) is 2.70. The quantitative estimate of drug-likeness (QED) is 0.830. The predicted octanol–water partition coefficient (Wildman–Crippen LogP) is 2.39. The highest BCUT2D eigenvalue weighted by Gasteiger charge is 2.41. The second kappa shape index (κ2) is 3.39. The average Bonchev–Trinajstić information content (AvgIpc) is 2.71. The molecule has 0 amide bonds. The first-order valence-corrected chi connectivity index (χ1v) is 5.90. The summed E-state index contributed by atoms with van der Waals surface area (Å²) in [7, 11) is 0. The van der Waals surface area contributed by atoms with Gasteiger partial charge >= 0.3 is 0 Å². The molecule has 86 valence electrons. The molecule has 1 aromatic rings. The van der Waals surface area contributed by atoms with Gasteiger partial charge in [0.15, 0.2) is 11.5 Å². The van der Waals surface area contributed by atoms with Crippen molar-refractivity contribution in [2.75, 3.05) is 6.79 Å². The lowest BCUT2D eigenvalue weighted by molar-refractivity contribution is 0.143. The molecule has 0 radical (unpaired) electrons. The average molecular weight is 219 g/mol. The SMILES string of the molecule is CCC1CC(N)(c2ccc3c(c2)OCO3)C1. The molecule has 1 heterocycles. The molecular weight excluding hydrogens is 202 g/mol. The molecular formula is C13H17NO2. The minimum absolute atomic E-state index is 0.137. The van der Waals surface area contributed by atoms with E-state index in [9.17, 15) is 0 Å². The van der Waals surface area contributed by atoms with E-state index in [0.29, 0.717) is 6.79 Å². The topological polar surface area (TPSA) is 44.5 Å². The van der Waals surface area contributed by atoms with Gasteiger partial charge in [0.25, 0.3) is 0 Å². The Morgan fingerprint density at radius 2 is 2.06 bits per heavy atom. The van der Waals surface area contributed by atoms with Crippen molar-refractivity contribution in [3.8, 4) is 11.5 Å². The van der Waals surface area contributed by atoms with Gasteiger partial charge < -0.3 is 15.2 Å². The molecule has 1 aromatic carbocycles. The van der Waals surface area contributed by atoms with E-state index >= 15 is 0 Å². The Morgan fingerprint density at radius 1 is 1.31 bits per heavy atom. The van der Waals surface area contributed by atoms with Crippen LogP contribution in [-0.2, 0) is 5.54 Å². The van der Waals surface area contributed by atoms with Gasteiger partial charge in [-0.2, -0.15) is 0 Å². The maximum atomic E-state index is 6.39. The highest BCUT2D eigenvalue weighted by Crippen LogP contribution is 2.47. The molecule has 1 fully saturated rings. The summed E-state index contributed by atoms with van der Waals surface area (Å²) in [5.74, 6) is 2.46. The Labute approximate surface area is 95.5 Å². The van der Waals surface area contributed by atoms with E-state index in [1.54, 1.807) is 0 Å². The third-order valence-corrected chi connectivity index (χ3v) is 3.83. The minimum Gasteiger partial charge on any atom is -0.454 e. The van der Waals surface area contributed by atoms with Crippen LogP contribution < -0.4 is 15.2 Å². The number of hydrogen-bond acceptors (Lipinski definition) is 3. The van der Waals surface area contributed by atoms with Crippen molar-refractivity contribution in [1.82, 2.24) is 0 Å². The van der Waals surface area contributed by atoms with Crippen molar-refractivity contribution in [3.63, 3.8) is 0 Å². The Hall–Kier alpha value is -1.22. The zero-order valence-electron chi connectivity index (χ0n) is 9.53. The van der Waals surface area contributed by atoms with Crippen molar-refractivity contribution in [1.29, 1.82) is 0 Å². The van der Waals surface area contributed by atoms with E-state index < -0.39 is 0 Å². The van der Waals surface area contributed by atoms with E-state index in [1.807, 2.05) is 12.1 Å². The van der Waals surface area contributed by atoms with E-state index in [2.05, 4.69) is 13.0 Å². The van der Waals surface area contributed by atoms with Gasteiger partial charge in [-0.25, -0.2) is 0 Å². The third-order valence-electron chi connectivity index (χ3n) is 3.83. The standard InChI is InChI=1S/C13H17NO2/c1-2-9-6-13(14,7-9)10-3-4-11-12(5-10)16-8-15-11/h3-5,9H,2,6-8,14H2,1H3. The Kier molecular flexibility index (Phi) is 2.11. The molecule has 1 aliphatic heterocycles. The summed E-state index contributed by atoms with van der Waals surface area (Å²) in [6.07, 6.45) is 3.40. The number of hydrogen-bond donors (Lipinski definition) is 1. The summed E-state index contributed by atoms with van der Waals surface area (Å²) >= 11 is 0. The molecule has 2 N–H and O–H groups in total. The van der Waals surface area contributed by atoms with Gasteiger partial charge in [0, 0.05) is 5.54 Å². The minimum atomic E-state index is -0.137. The van der Waals surface area contributed by atoms with Crippen LogP contribution in [0, 0.1) is 5.92 Å².